The highest BCUT2D eigenvalue weighted by atomic mass is 16.2. The van der Waals surface area contributed by atoms with Crippen LogP contribution in [0.1, 0.15) is 46.3 Å². The highest BCUT2D eigenvalue weighted by Crippen LogP contribution is 2.19. The molecule has 136 valence electrons. The molecule has 1 aromatic heterocycles. The van der Waals surface area contributed by atoms with E-state index in [1.165, 1.54) is 6.92 Å². The number of amides is 1. The minimum Gasteiger partial charge on any atom is -0.378 e. The predicted octanol–water partition coefficient (Wildman–Crippen LogP) is 4.71. The van der Waals surface area contributed by atoms with Crippen molar-refractivity contribution in [2.75, 3.05) is 10.6 Å². The summed E-state index contributed by atoms with van der Waals surface area (Å²) in [6.07, 6.45) is 1.60. The van der Waals surface area contributed by atoms with Gasteiger partial charge in [0, 0.05) is 29.2 Å². The maximum atomic E-state index is 12.5. The Morgan fingerprint density at radius 3 is 2.44 bits per heavy atom. The third-order valence-electron chi connectivity index (χ3n) is 4.20. The summed E-state index contributed by atoms with van der Waals surface area (Å²) in [5, 5.41) is 6.16. The van der Waals surface area contributed by atoms with Crippen LogP contribution in [-0.4, -0.2) is 16.7 Å². The van der Waals surface area contributed by atoms with E-state index in [-0.39, 0.29) is 17.7 Å². The van der Waals surface area contributed by atoms with Crippen molar-refractivity contribution in [2.45, 2.75) is 19.9 Å². The average molecular weight is 359 g/mol. The van der Waals surface area contributed by atoms with Crippen molar-refractivity contribution < 1.29 is 9.59 Å². The number of hydrogen-bond donors (Lipinski definition) is 2. The van der Waals surface area contributed by atoms with Crippen LogP contribution < -0.4 is 10.6 Å². The van der Waals surface area contributed by atoms with Gasteiger partial charge in [-0.2, -0.15) is 0 Å². The molecule has 1 heterocycles. The van der Waals surface area contributed by atoms with Crippen molar-refractivity contribution in [1.82, 2.24) is 4.98 Å². The lowest BCUT2D eigenvalue weighted by atomic mass is 10.1. The summed E-state index contributed by atoms with van der Waals surface area (Å²) in [6, 6.07) is 20.5. The highest BCUT2D eigenvalue weighted by molar-refractivity contribution is 6.04. The van der Waals surface area contributed by atoms with Gasteiger partial charge in [0.1, 0.15) is 5.69 Å². The zero-order chi connectivity index (χ0) is 19.2. The third-order valence-corrected chi connectivity index (χ3v) is 4.20. The number of aromatic nitrogens is 1. The second-order valence-corrected chi connectivity index (χ2v) is 6.30. The van der Waals surface area contributed by atoms with Crippen molar-refractivity contribution in [2.24, 2.45) is 0 Å². The quantitative estimate of drug-likeness (QED) is 0.625. The molecule has 1 amide bonds. The lowest BCUT2D eigenvalue weighted by molar-refractivity contribution is 0.100. The largest absolute Gasteiger partial charge is 0.378 e. The van der Waals surface area contributed by atoms with Crippen LogP contribution >= 0.6 is 0 Å². The van der Waals surface area contributed by atoms with Crippen molar-refractivity contribution in [3.63, 3.8) is 0 Å². The van der Waals surface area contributed by atoms with Crippen molar-refractivity contribution >= 4 is 23.1 Å². The SMILES string of the molecule is CC(=O)c1cccc(NC(=O)c2cc(NC(C)c3ccccc3)ccn2)c1. The number of ketones is 1. The number of rotatable bonds is 6. The fourth-order valence-corrected chi connectivity index (χ4v) is 2.73. The van der Waals surface area contributed by atoms with Crippen LogP contribution in [0.2, 0.25) is 0 Å². The molecule has 5 heteroatoms. The molecule has 2 N–H and O–H groups in total. The molecule has 0 saturated carbocycles. The van der Waals surface area contributed by atoms with E-state index in [9.17, 15) is 9.59 Å². The molecular weight excluding hydrogens is 338 g/mol. The first-order chi connectivity index (χ1) is 13.0. The molecule has 0 bridgehead atoms. The number of benzene rings is 2. The molecule has 1 atom stereocenters. The van der Waals surface area contributed by atoms with E-state index in [0.717, 1.165) is 11.3 Å². The number of anilines is 2. The molecule has 0 saturated heterocycles. The Hall–Kier alpha value is -3.47. The predicted molar refractivity (Wildman–Crippen MR) is 107 cm³/mol. The molecule has 3 aromatic rings. The molecule has 0 aliphatic carbocycles. The average Bonchev–Trinajstić information content (AvgIpc) is 2.69. The van der Waals surface area contributed by atoms with Crippen molar-refractivity contribution in [3.05, 3.63) is 89.7 Å². The topological polar surface area (TPSA) is 71.1 Å². The first kappa shape index (κ1) is 18.3. The molecule has 3 rings (SSSR count). The molecular formula is C22H21N3O2. The Bertz CT molecular complexity index is 955. The number of Topliss-reactive ketones (excluding diaryl/α,β-unsaturated/α-hetero) is 1. The first-order valence-electron chi connectivity index (χ1n) is 8.73. The normalized spacial score (nSPS) is 11.5. The number of pyridine rings is 1. The first-order valence-corrected chi connectivity index (χ1v) is 8.73. The maximum Gasteiger partial charge on any atom is 0.274 e. The Morgan fingerprint density at radius 1 is 0.926 bits per heavy atom. The van der Waals surface area contributed by atoms with Crippen molar-refractivity contribution in [1.29, 1.82) is 0 Å². The van der Waals surface area contributed by atoms with Crippen LogP contribution in [0.3, 0.4) is 0 Å². The van der Waals surface area contributed by atoms with E-state index in [4.69, 9.17) is 0 Å². The second-order valence-electron chi connectivity index (χ2n) is 6.30. The number of nitrogens with one attached hydrogen (secondary N) is 2. The summed E-state index contributed by atoms with van der Waals surface area (Å²) in [6.45, 7) is 3.55. The summed E-state index contributed by atoms with van der Waals surface area (Å²) < 4.78 is 0. The van der Waals surface area contributed by atoms with Crippen LogP contribution in [-0.2, 0) is 0 Å². The molecule has 27 heavy (non-hydrogen) atoms. The minimum absolute atomic E-state index is 0.0506. The Kier molecular flexibility index (Phi) is 5.61. The number of carbonyl (C=O) groups excluding carboxylic acids is 2. The highest BCUT2D eigenvalue weighted by Gasteiger charge is 2.11. The maximum absolute atomic E-state index is 12.5. The third kappa shape index (κ3) is 4.79. The van der Waals surface area contributed by atoms with Gasteiger partial charge < -0.3 is 10.6 Å². The molecule has 1 unspecified atom stereocenters. The van der Waals surface area contributed by atoms with E-state index in [1.54, 1.807) is 36.5 Å². The van der Waals surface area contributed by atoms with E-state index in [1.807, 2.05) is 24.3 Å². The van der Waals surface area contributed by atoms with Crippen molar-refractivity contribution in [3.8, 4) is 0 Å². The number of carbonyl (C=O) groups is 2. The standard InChI is InChI=1S/C22H21N3O2/c1-15(17-7-4-3-5-8-17)24-20-11-12-23-21(14-20)22(27)25-19-10-6-9-18(13-19)16(2)26/h3-15H,1-2H3,(H,23,24)(H,25,27). The lowest BCUT2D eigenvalue weighted by Gasteiger charge is -2.16. The lowest BCUT2D eigenvalue weighted by Crippen LogP contribution is -2.15. The van der Waals surface area contributed by atoms with Crippen LogP contribution in [0.25, 0.3) is 0 Å². The molecule has 2 aromatic carbocycles. The van der Waals surface area contributed by atoms with Crippen LogP contribution in [0, 0.1) is 0 Å². The van der Waals surface area contributed by atoms with E-state index >= 15 is 0 Å². The summed E-state index contributed by atoms with van der Waals surface area (Å²) in [7, 11) is 0. The molecule has 0 fully saturated rings. The zero-order valence-corrected chi connectivity index (χ0v) is 15.3. The molecule has 0 aliphatic rings. The summed E-state index contributed by atoms with van der Waals surface area (Å²) >= 11 is 0. The molecule has 5 nitrogen and oxygen atoms in total. The van der Waals surface area contributed by atoms with E-state index in [0.29, 0.717) is 16.9 Å². The Balaban J connectivity index is 1.72. The van der Waals surface area contributed by atoms with Gasteiger partial charge in [0.25, 0.3) is 5.91 Å². The fourth-order valence-electron chi connectivity index (χ4n) is 2.73. The van der Waals surface area contributed by atoms with Crippen LogP contribution in [0.4, 0.5) is 11.4 Å². The van der Waals surface area contributed by atoms with Gasteiger partial charge in [-0.3, -0.25) is 14.6 Å². The van der Waals surface area contributed by atoms with Crippen LogP contribution in [0.15, 0.2) is 72.9 Å². The van der Waals surface area contributed by atoms with Gasteiger partial charge in [-0.25, -0.2) is 0 Å². The number of hydrogen-bond acceptors (Lipinski definition) is 4. The molecule has 0 aliphatic heterocycles. The van der Waals surface area contributed by atoms with Gasteiger partial charge >= 0.3 is 0 Å². The fraction of sp³-hybridized carbons (Fsp3) is 0.136. The Labute approximate surface area is 158 Å². The van der Waals surface area contributed by atoms with Gasteiger partial charge in [0.15, 0.2) is 5.78 Å². The Morgan fingerprint density at radius 2 is 1.70 bits per heavy atom. The smallest absolute Gasteiger partial charge is 0.274 e. The van der Waals surface area contributed by atoms with Gasteiger partial charge in [-0.15, -0.1) is 0 Å². The molecule has 0 spiro atoms. The van der Waals surface area contributed by atoms with Crippen LogP contribution in [0.5, 0.6) is 0 Å². The monoisotopic (exact) mass is 359 g/mol. The van der Waals surface area contributed by atoms with E-state index < -0.39 is 0 Å². The van der Waals surface area contributed by atoms with E-state index in [2.05, 4.69) is 34.7 Å². The van der Waals surface area contributed by atoms with Gasteiger partial charge in [-0.1, -0.05) is 42.5 Å². The van der Waals surface area contributed by atoms with Gasteiger partial charge in [-0.05, 0) is 43.7 Å². The molecule has 0 radical (unpaired) electrons. The summed E-state index contributed by atoms with van der Waals surface area (Å²) in [5.41, 5.74) is 3.37. The van der Waals surface area contributed by atoms with Gasteiger partial charge in [0.05, 0.1) is 0 Å². The summed E-state index contributed by atoms with van der Waals surface area (Å²) in [5.74, 6) is -0.378. The second kappa shape index (κ2) is 8.27. The van der Waals surface area contributed by atoms with Gasteiger partial charge in [0.2, 0.25) is 0 Å². The zero-order valence-electron chi connectivity index (χ0n) is 15.3. The summed E-state index contributed by atoms with van der Waals surface area (Å²) in [4.78, 5) is 28.2. The number of nitrogens with zero attached hydrogens (tertiary/aromatic N) is 1. The minimum atomic E-state index is -0.327.